The highest BCUT2D eigenvalue weighted by atomic mass is 32.2. The summed E-state index contributed by atoms with van der Waals surface area (Å²) in [5, 5.41) is 4.53. The molecule has 0 radical (unpaired) electrons. The van der Waals surface area contributed by atoms with E-state index in [4.69, 9.17) is 4.74 Å². The van der Waals surface area contributed by atoms with E-state index >= 15 is 0 Å². The van der Waals surface area contributed by atoms with Gasteiger partial charge in [0.25, 0.3) is 10.0 Å². The summed E-state index contributed by atoms with van der Waals surface area (Å²) in [5.41, 5.74) is 4.03. The summed E-state index contributed by atoms with van der Waals surface area (Å²) in [7, 11) is -2.07. The lowest BCUT2D eigenvalue weighted by atomic mass is 10.0. The van der Waals surface area contributed by atoms with E-state index in [0.29, 0.717) is 23.8 Å². The fraction of sp³-hybridized carbons (Fsp3) is 0.318. The van der Waals surface area contributed by atoms with Crippen molar-refractivity contribution in [3.8, 4) is 5.75 Å². The Bertz CT molecular complexity index is 1100. The Kier molecular flexibility index (Phi) is 5.98. The first-order chi connectivity index (χ1) is 13.7. The van der Waals surface area contributed by atoms with Crippen molar-refractivity contribution >= 4 is 15.7 Å². The summed E-state index contributed by atoms with van der Waals surface area (Å²) < 4.78 is 35.5. The molecule has 0 spiro atoms. The number of sulfonamides is 1. The minimum Gasteiger partial charge on any atom is -0.497 e. The van der Waals surface area contributed by atoms with E-state index in [0.717, 1.165) is 22.6 Å². The van der Waals surface area contributed by atoms with Crippen LogP contribution in [-0.4, -0.2) is 25.3 Å². The molecule has 1 N–H and O–H groups in total. The summed E-state index contributed by atoms with van der Waals surface area (Å²) >= 11 is 0. The topological polar surface area (TPSA) is 73.2 Å². The van der Waals surface area contributed by atoms with Gasteiger partial charge in [-0.3, -0.25) is 9.40 Å². The zero-order valence-corrected chi connectivity index (χ0v) is 18.2. The lowest BCUT2D eigenvalue weighted by molar-refractivity contribution is 0.414. The van der Waals surface area contributed by atoms with Gasteiger partial charge in [-0.2, -0.15) is 5.10 Å². The van der Waals surface area contributed by atoms with Gasteiger partial charge >= 0.3 is 0 Å². The molecule has 7 heteroatoms. The Morgan fingerprint density at radius 1 is 1.10 bits per heavy atom. The van der Waals surface area contributed by atoms with E-state index < -0.39 is 10.0 Å². The molecular formula is C22H27N3O3S. The first-order valence-electron chi connectivity index (χ1n) is 9.51. The number of benzene rings is 2. The van der Waals surface area contributed by atoms with Gasteiger partial charge in [0.1, 0.15) is 5.75 Å². The smallest absolute Gasteiger partial charge is 0.262 e. The van der Waals surface area contributed by atoms with Crippen molar-refractivity contribution in [3.05, 3.63) is 71.0 Å². The van der Waals surface area contributed by atoms with Crippen molar-refractivity contribution < 1.29 is 13.2 Å². The molecule has 6 nitrogen and oxygen atoms in total. The van der Waals surface area contributed by atoms with Gasteiger partial charge in [-0.1, -0.05) is 38.1 Å². The van der Waals surface area contributed by atoms with Crippen LogP contribution in [0.15, 0.2) is 53.4 Å². The molecule has 154 valence electrons. The molecule has 1 aromatic heterocycles. The van der Waals surface area contributed by atoms with Gasteiger partial charge in [-0.25, -0.2) is 8.42 Å². The molecule has 29 heavy (non-hydrogen) atoms. The number of anilines is 1. The zero-order chi connectivity index (χ0) is 21.2. The van der Waals surface area contributed by atoms with Crippen molar-refractivity contribution in [1.82, 2.24) is 9.78 Å². The molecule has 1 heterocycles. The van der Waals surface area contributed by atoms with Crippen molar-refractivity contribution in [2.75, 3.05) is 11.8 Å². The molecule has 0 aliphatic heterocycles. The SMILES string of the molecule is COc1cccc(Cn2nc(C)c(NS(=O)(=O)c3ccc(C(C)C)cc3)c2C)c1. The third-order valence-electron chi connectivity index (χ3n) is 4.94. The molecule has 0 fully saturated rings. The number of hydrogen-bond acceptors (Lipinski definition) is 4. The number of hydrogen-bond donors (Lipinski definition) is 1. The zero-order valence-electron chi connectivity index (χ0n) is 17.4. The summed E-state index contributed by atoms with van der Waals surface area (Å²) in [5.74, 6) is 1.12. The van der Waals surface area contributed by atoms with E-state index in [1.807, 2.05) is 43.3 Å². The fourth-order valence-corrected chi connectivity index (χ4v) is 4.34. The molecule has 3 aromatic rings. The van der Waals surface area contributed by atoms with Gasteiger partial charge in [0.15, 0.2) is 0 Å². The van der Waals surface area contributed by atoms with Crippen LogP contribution >= 0.6 is 0 Å². The van der Waals surface area contributed by atoms with Crippen LogP contribution in [0, 0.1) is 13.8 Å². The van der Waals surface area contributed by atoms with E-state index in [9.17, 15) is 8.42 Å². The first kappa shape index (κ1) is 20.9. The van der Waals surface area contributed by atoms with Gasteiger partial charge in [0.05, 0.1) is 35.6 Å². The van der Waals surface area contributed by atoms with Crippen molar-refractivity contribution in [1.29, 1.82) is 0 Å². The Morgan fingerprint density at radius 2 is 1.79 bits per heavy atom. The highest BCUT2D eigenvalue weighted by Gasteiger charge is 2.20. The minimum absolute atomic E-state index is 0.237. The van der Waals surface area contributed by atoms with Crippen LogP contribution in [0.2, 0.25) is 0 Å². The molecular weight excluding hydrogens is 386 g/mol. The normalized spacial score (nSPS) is 11.7. The number of methoxy groups -OCH3 is 1. The molecule has 0 atom stereocenters. The summed E-state index contributed by atoms with van der Waals surface area (Å²) in [6.45, 7) is 8.33. The molecule has 0 amide bonds. The fourth-order valence-electron chi connectivity index (χ4n) is 3.17. The van der Waals surface area contributed by atoms with E-state index in [-0.39, 0.29) is 4.90 Å². The van der Waals surface area contributed by atoms with Crippen molar-refractivity contribution in [2.24, 2.45) is 0 Å². The van der Waals surface area contributed by atoms with E-state index in [1.54, 1.807) is 30.8 Å². The molecule has 0 bridgehead atoms. The van der Waals surface area contributed by atoms with Crippen LogP contribution in [0.25, 0.3) is 0 Å². The highest BCUT2D eigenvalue weighted by molar-refractivity contribution is 7.92. The predicted molar refractivity (Wildman–Crippen MR) is 115 cm³/mol. The number of aromatic nitrogens is 2. The van der Waals surface area contributed by atoms with Crippen LogP contribution in [-0.2, 0) is 16.6 Å². The number of nitrogens with one attached hydrogen (secondary N) is 1. The number of nitrogens with zero attached hydrogens (tertiary/aromatic N) is 2. The highest BCUT2D eigenvalue weighted by Crippen LogP contribution is 2.25. The van der Waals surface area contributed by atoms with Gasteiger partial charge in [0, 0.05) is 0 Å². The standard InChI is InChI=1S/C22H27N3O3S/c1-15(2)19-9-11-21(12-10-19)29(26,27)24-22-16(3)23-25(17(22)4)14-18-7-6-8-20(13-18)28-5/h6-13,15,24H,14H2,1-5H3. The predicted octanol–water partition coefficient (Wildman–Crippen LogP) is 4.48. The quantitative estimate of drug-likeness (QED) is 0.620. The van der Waals surface area contributed by atoms with Crippen LogP contribution < -0.4 is 9.46 Å². The molecule has 2 aromatic carbocycles. The summed E-state index contributed by atoms with van der Waals surface area (Å²) in [6, 6.07) is 14.7. The maximum absolute atomic E-state index is 12.9. The Morgan fingerprint density at radius 3 is 2.41 bits per heavy atom. The van der Waals surface area contributed by atoms with E-state index in [2.05, 4.69) is 23.7 Å². The van der Waals surface area contributed by atoms with Crippen molar-refractivity contribution in [2.45, 2.75) is 45.1 Å². The first-order valence-corrected chi connectivity index (χ1v) is 11.0. The second kappa shape index (κ2) is 8.29. The van der Waals surface area contributed by atoms with Crippen LogP contribution in [0.5, 0.6) is 5.75 Å². The van der Waals surface area contributed by atoms with Gasteiger partial charge in [-0.15, -0.1) is 0 Å². The third-order valence-corrected chi connectivity index (χ3v) is 6.31. The molecule has 0 unspecified atom stereocenters. The van der Waals surface area contributed by atoms with Gasteiger partial charge in [0.2, 0.25) is 0 Å². The minimum atomic E-state index is -3.69. The Hall–Kier alpha value is -2.80. The van der Waals surface area contributed by atoms with Crippen LogP contribution in [0.3, 0.4) is 0 Å². The summed E-state index contributed by atoms with van der Waals surface area (Å²) in [6.07, 6.45) is 0. The Labute approximate surface area is 172 Å². The molecule has 0 aliphatic carbocycles. The molecule has 0 saturated heterocycles. The molecule has 3 rings (SSSR count). The monoisotopic (exact) mass is 413 g/mol. The van der Waals surface area contributed by atoms with Gasteiger partial charge < -0.3 is 4.74 Å². The maximum Gasteiger partial charge on any atom is 0.262 e. The largest absolute Gasteiger partial charge is 0.497 e. The maximum atomic E-state index is 12.9. The average molecular weight is 414 g/mol. The number of ether oxygens (including phenoxy) is 1. The summed E-state index contributed by atoms with van der Waals surface area (Å²) in [4.78, 5) is 0.237. The second-order valence-electron chi connectivity index (χ2n) is 7.38. The van der Waals surface area contributed by atoms with Crippen LogP contribution in [0.1, 0.15) is 42.3 Å². The molecule has 0 saturated carbocycles. The molecule has 0 aliphatic rings. The average Bonchev–Trinajstić information content (AvgIpc) is 2.95. The lowest BCUT2D eigenvalue weighted by Crippen LogP contribution is -2.14. The van der Waals surface area contributed by atoms with Crippen LogP contribution in [0.4, 0.5) is 5.69 Å². The lowest BCUT2D eigenvalue weighted by Gasteiger charge is -2.11. The number of rotatable bonds is 7. The number of aryl methyl sites for hydroxylation is 1. The second-order valence-corrected chi connectivity index (χ2v) is 9.07. The van der Waals surface area contributed by atoms with Crippen molar-refractivity contribution in [3.63, 3.8) is 0 Å². The third kappa shape index (κ3) is 4.62. The van der Waals surface area contributed by atoms with Gasteiger partial charge in [-0.05, 0) is 55.2 Å². The van der Waals surface area contributed by atoms with E-state index in [1.165, 1.54) is 0 Å². The Balaban J connectivity index is 1.85.